The first kappa shape index (κ1) is 14.8. The van der Waals surface area contributed by atoms with E-state index in [9.17, 15) is 14.7 Å². The molecule has 1 aromatic carbocycles. The molecule has 0 heterocycles. The van der Waals surface area contributed by atoms with Crippen LogP contribution in [0.15, 0.2) is 28.7 Å². The summed E-state index contributed by atoms with van der Waals surface area (Å²) >= 11 is 3.24. The van der Waals surface area contributed by atoms with Crippen LogP contribution in [-0.4, -0.2) is 40.7 Å². The summed E-state index contributed by atoms with van der Waals surface area (Å²) in [5.41, 5.74) is 0.370. The van der Waals surface area contributed by atoms with Crippen LogP contribution in [0.25, 0.3) is 0 Å². The molecule has 0 aliphatic rings. The number of aliphatic hydroxyl groups is 2. The molecule has 5 nitrogen and oxygen atoms in total. The van der Waals surface area contributed by atoms with E-state index in [2.05, 4.69) is 21.2 Å². The zero-order chi connectivity index (χ0) is 13.7. The van der Waals surface area contributed by atoms with Crippen molar-refractivity contribution in [2.24, 2.45) is 0 Å². The topological polar surface area (TPSA) is 86.6 Å². The zero-order valence-electron chi connectivity index (χ0n) is 9.76. The summed E-state index contributed by atoms with van der Waals surface area (Å²) in [4.78, 5) is 23.2. The van der Waals surface area contributed by atoms with Crippen LogP contribution in [-0.2, 0) is 4.79 Å². The lowest BCUT2D eigenvalue weighted by Crippen LogP contribution is -2.48. The molecule has 1 aromatic rings. The van der Waals surface area contributed by atoms with Crippen LogP contribution in [0, 0.1) is 0 Å². The number of hydrogen-bond donors (Lipinski definition) is 3. The molecule has 0 fully saturated rings. The van der Waals surface area contributed by atoms with Crippen LogP contribution in [0.3, 0.4) is 0 Å². The van der Waals surface area contributed by atoms with Crippen molar-refractivity contribution in [3.05, 3.63) is 34.3 Å². The van der Waals surface area contributed by atoms with Crippen LogP contribution < -0.4 is 5.32 Å². The van der Waals surface area contributed by atoms with Gasteiger partial charge in [-0.2, -0.15) is 0 Å². The Balaban J connectivity index is 2.78. The van der Waals surface area contributed by atoms with Gasteiger partial charge in [-0.3, -0.25) is 9.59 Å². The van der Waals surface area contributed by atoms with Crippen LogP contribution in [0.4, 0.5) is 0 Å². The van der Waals surface area contributed by atoms with Gasteiger partial charge in [-0.1, -0.05) is 15.9 Å². The van der Waals surface area contributed by atoms with Gasteiger partial charge >= 0.3 is 0 Å². The highest BCUT2D eigenvalue weighted by Gasteiger charge is 2.25. The van der Waals surface area contributed by atoms with Gasteiger partial charge in [-0.15, -0.1) is 0 Å². The van der Waals surface area contributed by atoms with Gasteiger partial charge in [-0.05, 0) is 31.2 Å². The monoisotopic (exact) mass is 315 g/mol. The third-order valence-corrected chi connectivity index (χ3v) is 2.91. The van der Waals surface area contributed by atoms with Crippen molar-refractivity contribution in [3.8, 4) is 0 Å². The fourth-order valence-electron chi connectivity index (χ4n) is 1.39. The number of Topliss-reactive ketones (excluding diaryl/α,β-unsaturated/α-hetero) is 1. The van der Waals surface area contributed by atoms with Crippen LogP contribution in [0.2, 0.25) is 0 Å². The van der Waals surface area contributed by atoms with Gasteiger partial charge in [0.1, 0.15) is 12.6 Å². The van der Waals surface area contributed by atoms with Crippen molar-refractivity contribution >= 4 is 27.6 Å². The van der Waals surface area contributed by atoms with Gasteiger partial charge in [0, 0.05) is 10.0 Å². The lowest BCUT2D eigenvalue weighted by atomic mass is 10.1. The highest BCUT2D eigenvalue weighted by atomic mass is 79.9. The third-order valence-electron chi connectivity index (χ3n) is 2.38. The summed E-state index contributed by atoms with van der Waals surface area (Å²) in [7, 11) is 0. The number of hydrogen-bond acceptors (Lipinski definition) is 4. The van der Waals surface area contributed by atoms with Gasteiger partial charge in [0.05, 0.1) is 6.10 Å². The minimum atomic E-state index is -1.11. The summed E-state index contributed by atoms with van der Waals surface area (Å²) in [5.74, 6) is -1.11. The number of rotatable bonds is 5. The maximum absolute atomic E-state index is 11.8. The molecule has 0 aliphatic carbocycles. The van der Waals surface area contributed by atoms with Crippen LogP contribution in [0.1, 0.15) is 17.3 Å². The van der Waals surface area contributed by atoms with E-state index in [1.165, 1.54) is 6.92 Å². The minimum absolute atomic E-state index is 0.370. The molecule has 6 heteroatoms. The lowest BCUT2D eigenvalue weighted by molar-refractivity contribution is -0.125. The Morgan fingerprint density at radius 1 is 1.33 bits per heavy atom. The Kier molecular flexibility index (Phi) is 5.46. The molecular weight excluding hydrogens is 302 g/mol. The Hall–Kier alpha value is -1.24. The SMILES string of the molecule is C[C@@H](O)[C@H](NC(=O)c1ccc(Br)cc1)C(=O)CO. The second kappa shape index (κ2) is 6.63. The lowest BCUT2D eigenvalue weighted by Gasteiger charge is -2.19. The van der Waals surface area contributed by atoms with Gasteiger partial charge in [0.2, 0.25) is 0 Å². The number of halogens is 1. The number of aliphatic hydroxyl groups excluding tert-OH is 2. The Labute approximate surface area is 113 Å². The Morgan fingerprint density at radius 3 is 2.33 bits per heavy atom. The predicted octanol–water partition coefficient (Wildman–Crippen LogP) is 0.490. The van der Waals surface area contributed by atoms with Crippen LogP contribution >= 0.6 is 15.9 Å². The molecule has 0 unspecified atom stereocenters. The maximum atomic E-state index is 11.8. The second-order valence-electron chi connectivity index (χ2n) is 3.82. The van der Waals surface area contributed by atoms with Gasteiger partial charge in [0.15, 0.2) is 5.78 Å². The summed E-state index contributed by atoms with van der Waals surface area (Å²) in [6.07, 6.45) is -1.07. The predicted molar refractivity (Wildman–Crippen MR) is 69.2 cm³/mol. The number of carbonyl (C=O) groups excluding carboxylic acids is 2. The molecule has 1 rings (SSSR count). The van der Waals surface area contributed by atoms with Crippen LogP contribution in [0.5, 0.6) is 0 Å². The average Bonchev–Trinajstić information content (AvgIpc) is 2.35. The molecule has 1 amide bonds. The number of amides is 1. The molecular formula is C12H14BrNO4. The van der Waals surface area contributed by atoms with E-state index in [1.807, 2.05) is 0 Å². The maximum Gasteiger partial charge on any atom is 0.251 e. The third kappa shape index (κ3) is 3.90. The smallest absolute Gasteiger partial charge is 0.251 e. The molecule has 0 spiro atoms. The fraction of sp³-hybridized carbons (Fsp3) is 0.333. The molecule has 0 saturated heterocycles. The molecule has 0 saturated carbocycles. The number of ketones is 1. The van der Waals surface area contributed by atoms with Crippen molar-refractivity contribution in [1.82, 2.24) is 5.32 Å². The Morgan fingerprint density at radius 2 is 1.89 bits per heavy atom. The largest absolute Gasteiger partial charge is 0.391 e. The normalized spacial score (nSPS) is 13.8. The summed E-state index contributed by atoms with van der Waals surface area (Å²) < 4.78 is 0.831. The molecule has 3 N–H and O–H groups in total. The quantitative estimate of drug-likeness (QED) is 0.738. The van der Waals surface area contributed by atoms with Crippen molar-refractivity contribution in [2.75, 3.05) is 6.61 Å². The zero-order valence-corrected chi connectivity index (χ0v) is 11.3. The van der Waals surface area contributed by atoms with E-state index in [1.54, 1.807) is 24.3 Å². The van der Waals surface area contributed by atoms with Crippen molar-refractivity contribution in [3.63, 3.8) is 0 Å². The van der Waals surface area contributed by atoms with E-state index < -0.39 is 30.4 Å². The van der Waals surface area contributed by atoms with Crippen molar-refractivity contribution in [1.29, 1.82) is 0 Å². The minimum Gasteiger partial charge on any atom is -0.391 e. The average molecular weight is 316 g/mol. The summed E-state index contributed by atoms with van der Waals surface area (Å²) in [6.45, 7) is 0.649. The van der Waals surface area contributed by atoms with E-state index in [4.69, 9.17) is 5.11 Å². The van der Waals surface area contributed by atoms with E-state index >= 15 is 0 Å². The molecule has 2 atom stereocenters. The van der Waals surface area contributed by atoms with Crippen molar-refractivity contribution < 1.29 is 19.8 Å². The molecule has 98 valence electrons. The van der Waals surface area contributed by atoms with Gasteiger partial charge in [-0.25, -0.2) is 0 Å². The highest BCUT2D eigenvalue weighted by molar-refractivity contribution is 9.10. The number of nitrogens with one attached hydrogen (secondary N) is 1. The number of benzene rings is 1. The van der Waals surface area contributed by atoms with E-state index in [0.717, 1.165) is 4.47 Å². The van der Waals surface area contributed by atoms with Gasteiger partial charge in [0.25, 0.3) is 5.91 Å². The molecule has 18 heavy (non-hydrogen) atoms. The summed E-state index contributed by atoms with van der Waals surface area (Å²) in [6, 6.07) is 5.45. The van der Waals surface area contributed by atoms with Gasteiger partial charge < -0.3 is 15.5 Å². The molecule has 0 aliphatic heterocycles. The standard InChI is InChI=1S/C12H14BrNO4/c1-7(16)11(10(17)6-15)14-12(18)8-2-4-9(13)5-3-8/h2-5,7,11,15-16H,6H2,1H3,(H,14,18)/t7-,11+/m1/s1. The molecule has 0 radical (unpaired) electrons. The highest BCUT2D eigenvalue weighted by Crippen LogP contribution is 2.10. The first-order chi connectivity index (χ1) is 8.45. The molecule has 0 bridgehead atoms. The van der Waals surface area contributed by atoms with E-state index in [-0.39, 0.29) is 0 Å². The first-order valence-corrected chi connectivity index (χ1v) is 6.13. The number of carbonyl (C=O) groups is 2. The summed E-state index contributed by atoms with van der Waals surface area (Å²) in [5, 5.41) is 20.5. The first-order valence-electron chi connectivity index (χ1n) is 5.33. The fourth-order valence-corrected chi connectivity index (χ4v) is 1.66. The Bertz CT molecular complexity index is 430. The van der Waals surface area contributed by atoms with Crippen molar-refractivity contribution in [2.45, 2.75) is 19.1 Å². The second-order valence-corrected chi connectivity index (χ2v) is 4.74. The van der Waals surface area contributed by atoms with E-state index in [0.29, 0.717) is 5.56 Å². The molecule has 0 aromatic heterocycles.